The van der Waals surface area contributed by atoms with Crippen LogP contribution in [0.15, 0.2) is 27.8 Å². The molecule has 8 heteroatoms. The van der Waals surface area contributed by atoms with Crippen molar-refractivity contribution < 1.29 is 0 Å². The Morgan fingerprint density at radius 1 is 1.23 bits per heavy atom. The van der Waals surface area contributed by atoms with Crippen molar-refractivity contribution in [3.05, 3.63) is 49.6 Å². The second-order valence-electron chi connectivity index (χ2n) is 6.56. The molecule has 0 radical (unpaired) electrons. The molecule has 0 spiro atoms. The van der Waals surface area contributed by atoms with E-state index >= 15 is 0 Å². The van der Waals surface area contributed by atoms with Crippen LogP contribution in [0, 0.1) is 6.92 Å². The van der Waals surface area contributed by atoms with Gasteiger partial charge in [-0.25, -0.2) is 4.79 Å². The SMILES string of the molecule is CCn1c(=O)c2c(nc3n2CCCN3c2cc(Cl)ccc2C)n(C)c1=O. The highest BCUT2D eigenvalue weighted by Gasteiger charge is 2.27. The number of nitrogens with zero attached hydrogens (tertiary/aromatic N) is 5. The van der Waals surface area contributed by atoms with E-state index in [0.717, 1.165) is 24.2 Å². The molecule has 4 rings (SSSR count). The summed E-state index contributed by atoms with van der Waals surface area (Å²) in [5.74, 6) is 0.678. The summed E-state index contributed by atoms with van der Waals surface area (Å²) in [6, 6.07) is 5.74. The highest BCUT2D eigenvalue weighted by atomic mass is 35.5. The monoisotopic (exact) mass is 373 g/mol. The molecule has 2 aromatic heterocycles. The third kappa shape index (κ3) is 2.30. The van der Waals surface area contributed by atoms with Gasteiger partial charge in [-0.15, -0.1) is 0 Å². The molecule has 1 aliphatic rings. The molecule has 0 fully saturated rings. The van der Waals surface area contributed by atoms with Crippen LogP contribution in [0.3, 0.4) is 0 Å². The molecule has 1 aliphatic heterocycles. The van der Waals surface area contributed by atoms with Crippen molar-refractivity contribution in [2.75, 3.05) is 11.4 Å². The van der Waals surface area contributed by atoms with Gasteiger partial charge in [0.25, 0.3) is 5.56 Å². The fourth-order valence-electron chi connectivity index (χ4n) is 3.65. The quantitative estimate of drug-likeness (QED) is 0.692. The second kappa shape index (κ2) is 6.02. The number of halogens is 1. The number of benzene rings is 1. The van der Waals surface area contributed by atoms with Crippen molar-refractivity contribution in [2.24, 2.45) is 7.05 Å². The van der Waals surface area contributed by atoms with Crippen molar-refractivity contribution in [2.45, 2.75) is 33.4 Å². The van der Waals surface area contributed by atoms with E-state index < -0.39 is 0 Å². The minimum atomic E-state index is -0.342. The lowest BCUT2D eigenvalue weighted by Crippen LogP contribution is -2.39. The molecule has 7 nitrogen and oxygen atoms in total. The lowest BCUT2D eigenvalue weighted by atomic mass is 10.1. The number of aromatic nitrogens is 4. The van der Waals surface area contributed by atoms with Crippen molar-refractivity contribution in [3.8, 4) is 0 Å². The van der Waals surface area contributed by atoms with E-state index in [0.29, 0.717) is 35.2 Å². The van der Waals surface area contributed by atoms with Crippen molar-refractivity contribution in [1.29, 1.82) is 0 Å². The fourth-order valence-corrected chi connectivity index (χ4v) is 3.81. The molecular formula is C18H20ClN5O2. The largest absolute Gasteiger partial charge is 0.332 e. The average molecular weight is 374 g/mol. The van der Waals surface area contributed by atoms with Gasteiger partial charge in [0.1, 0.15) is 0 Å². The zero-order valence-corrected chi connectivity index (χ0v) is 15.7. The Labute approximate surface area is 155 Å². The van der Waals surface area contributed by atoms with Crippen LogP contribution in [-0.2, 0) is 20.1 Å². The predicted octanol–water partition coefficient (Wildman–Crippen LogP) is 2.42. The Bertz CT molecular complexity index is 1140. The number of hydrogen-bond donors (Lipinski definition) is 0. The first-order valence-corrected chi connectivity index (χ1v) is 9.05. The van der Waals surface area contributed by atoms with E-state index in [9.17, 15) is 9.59 Å². The topological polar surface area (TPSA) is 65.1 Å². The van der Waals surface area contributed by atoms with Gasteiger partial charge >= 0.3 is 5.69 Å². The van der Waals surface area contributed by atoms with Crippen LogP contribution >= 0.6 is 11.6 Å². The number of fused-ring (bicyclic) bond motifs is 3. The summed E-state index contributed by atoms with van der Waals surface area (Å²) in [5, 5.41) is 0.652. The summed E-state index contributed by atoms with van der Waals surface area (Å²) in [6.07, 6.45) is 0.874. The van der Waals surface area contributed by atoms with Crippen LogP contribution in [0.25, 0.3) is 11.2 Å². The summed E-state index contributed by atoms with van der Waals surface area (Å²) in [5.41, 5.74) is 2.32. The molecule has 3 aromatic rings. The molecule has 0 saturated carbocycles. The minimum Gasteiger partial charge on any atom is -0.312 e. The van der Waals surface area contributed by atoms with Crippen LogP contribution in [0.4, 0.5) is 11.6 Å². The maximum Gasteiger partial charge on any atom is 0.332 e. The molecule has 0 bridgehead atoms. The summed E-state index contributed by atoms with van der Waals surface area (Å²) in [7, 11) is 1.66. The first-order valence-electron chi connectivity index (χ1n) is 8.67. The van der Waals surface area contributed by atoms with Gasteiger partial charge in [-0.1, -0.05) is 17.7 Å². The lowest BCUT2D eigenvalue weighted by Gasteiger charge is -2.30. The standard InChI is InChI=1S/C18H20ClN5O2/c1-4-22-16(25)14-15(21(3)18(22)26)20-17-23(8-5-9-24(14)17)13-10-12(19)7-6-11(13)2/h6-7,10H,4-5,8-9H2,1-3H3. The smallest absolute Gasteiger partial charge is 0.312 e. The molecule has 0 atom stereocenters. The normalized spacial score (nSPS) is 14.1. The van der Waals surface area contributed by atoms with E-state index in [1.54, 1.807) is 14.0 Å². The number of anilines is 2. The van der Waals surface area contributed by atoms with Crippen molar-refractivity contribution in [3.63, 3.8) is 0 Å². The number of imidazole rings is 1. The first-order chi connectivity index (χ1) is 12.4. The maximum atomic E-state index is 12.9. The van der Waals surface area contributed by atoms with Crippen molar-refractivity contribution >= 4 is 34.4 Å². The molecule has 136 valence electrons. The highest BCUT2D eigenvalue weighted by molar-refractivity contribution is 6.30. The van der Waals surface area contributed by atoms with E-state index in [1.165, 1.54) is 9.13 Å². The van der Waals surface area contributed by atoms with Crippen LogP contribution in [0.1, 0.15) is 18.9 Å². The second-order valence-corrected chi connectivity index (χ2v) is 7.00. The molecule has 26 heavy (non-hydrogen) atoms. The summed E-state index contributed by atoms with van der Waals surface area (Å²) >= 11 is 6.20. The number of hydrogen-bond acceptors (Lipinski definition) is 4. The zero-order chi connectivity index (χ0) is 18.6. The molecular weight excluding hydrogens is 354 g/mol. The van der Waals surface area contributed by atoms with Gasteiger partial charge in [0.2, 0.25) is 5.95 Å². The van der Waals surface area contributed by atoms with Gasteiger partial charge in [0, 0.05) is 37.4 Å². The Hall–Kier alpha value is -2.54. The molecule has 0 unspecified atom stereocenters. The molecule has 0 aliphatic carbocycles. The molecule has 0 N–H and O–H groups in total. The molecule has 3 heterocycles. The number of rotatable bonds is 2. The Morgan fingerprint density at radius 2 is 2.00 bits per heavy atom. The van der Waals surface area contributed by atoms with Crippen LogP contribution < -0.4 is 16.1 Å². The molecule has 0 amide bonds. The van der Waals surface area contributed by atoms with E-state index in [1.807, 2.05) is 29.7 Å². The van der Waals surface area contributed by atoms with E-state index in [4.69, 9.17) is 11.6 Å². The zero-order valence-electron chi connectivity index (χ0n) is 15.0. The van der Waals surface area contributed by atoms with E-state index in [2.05, 4.69) is 9.88 Å². The summed E-state index contributed by atoms with van der Waals surface area (Å²) < 4.78 is 4.63. The average Bonchev–Trinajstić information content (AvgIpc) is 3.02. The van der Waals surface area contributed by atoms with Crippen LogP contribution in [-0.4, -0.2) is 25.2 Å². The van der Waals surface area contributed by atoms with Gasteiger partial charge < -0.3 is 9.47 Å². The number of aryl methyl sites for hydroxylation is 3. The predicted molar refractivity (Wildman–Crippen MR) is 103 cm³/mol. The summed E-state index contributed by atoms with van der Waals surface area (Å²) in [4.78, 5) is 32.1. The first kappa shape index (κ1) is 16.9. The Morgan fingerprint density at radius 3 is 2.73 bits per heavy atom. The maximum absolute atomic E-state index is 12.9. The van der Waals surface area contributed by atoms with Crippen LogP contribution in [0.5, 0.6) is 0 Å². The summed E-state index contributed by atoms with van der Waals surface area (Å²) in [6.45, 7) is 5.62. The third-order valence-corrected chi connectivity index (χ3v) is 5.23. The van der Waals surface area contributed by atoms with Crippen molar-refractivity contribution in [1.82, 2.24) is 18.7 Å². The molecule has 1 aromatic carbocycles. The minimum absolute atomic E-state index is 0.283. The van der Waals surface area contributed by atoms with Crippen LogP contribution in [0.2, 0.25) is 5.02 Å². The fraction of sp³-hybridized carbons (Fsp3) is 0.389. The van der Waals surface area contributed by atoms with Gasteiger partial charge in [-0.3, -0.25) is 13.9 Å². The van der Waals surface area contributed by atoms with Gasteiger partial charge in [-0.2, -0.15) is 4.98 Å². The van der Waals surface area contributed by atoms with E-state index in [-0.39, 0.29) is 11.2 Å². The Balaban J connectivity index is 2.04. The van der Waals surface area contributed by atoms with Gasteiger partial charge in [-0.05, 0) is 38.0 Å². The lowest BCUT2D eigenvalue weighted by molar-refractivity contribution is 0.594. The van der Waals surface area contributed by atoms with Gasteiger partial charge in [0.05, 0.1) is 0 Å². The third-order valence-electron chi connectivity index (χ3n) is 5.00. The molecule has 0 saturated heterocycles. The van der Waals surface area contributed by atoms with Gasteiger partial charge in [0.15, 0.2) is 11.2 Å². The Kier molecular flexibility index (Phi) is 3.91. The highest BCUT2D eigenvalue weighted by Crippen LogP contribution is 2.34.